The van der Waals surface area contributed by atoms with E-state index < -0.39 is 0 Å². The molecule has 30 heavy (non-hydrogen) atoms. The lowest BCUT2D eigenvalue weighted by Gasteiger charge is -2.20. The molecule has 0 bridgehead atoms. The lowest BCUT2D eigenvalue weighted by atomic mass is 10.2. The summed E-state index contributed by atoms with van der Waals surface area (Å²) in [5.41, 5.74) is 1.86. The van der Waals surface area contributed by atoms with E-state index >= 15 is 0 Å². The summed E-state index contributed by atoms with van der Waals surface area (Å²) < 4.78 is 0. The third-order valence-electron chi connectivity index (χ3n) is 4.50. The molecule has 0 unspecified atom stereocenters. The maximum absolute atomic E-state index is 12.4. The Morgan fingerprint density at radius 3 is 2.27 bits per heavy atom. The molecule has 1 amide bonds. The maximum Gasteiger partial charge on any atom is 0.257 e. The van der Waals surface area contributed by atoms with Crippen LogP contribution in [0.15, 0.2) is 48.5 Å². The van der Waals surface area contributed by atoms with E-state index in [1.807, 2.05) is 37.3 Å². The van der Waals surface area contributed by atoms with Crippen LogP contribution >= 0.6 is 23.2 Å². The van der Waals surface area contributed by atoms with Gasteiger partial charge in [0.25, 0.3) is 5.91 Å². The van der Waals surface area contributed by atoms with Crippen molar-refractivity contribution in [3.8, 4) is 0 Å². The zero-order valence-corrected chi connectivity index (χ0v) is 18.6. The van der Waals surface area contributed by atoms with Crippen LogP contribution in [0.5, 0.6) is 0 Å². The van der Waals surface area contributed by atoms with Gasteiger partial charge in [-0.1, -0.05) is 23.2 Å². The summed E-state index contributed by atoms with van der Waals surface area (Å²) >= 11 is 12.0. The highest BCUT2D eigenvalue weighted by Gasteiger charge is 2.11. The van der Waals surface area contributed by atoms with Crippen LogP contribution in [-0.4, -0.2) is 29.0 Å². The van der Waals surface area contributed by atoms with Crippen molar-refractivity contribution in [2.45, 2.75) is 20.8 Å². The number of carbonyl (C=O) groups is 1. The molecule has 2 aromatic carbocycles. The molecular formula is C22H23Cl2N5O. The van der Waals surface area contributed by atoms with Crippen molar-refractivity contribution in [1.82, 2.24) is 9.97 Å². The Hall–Kier alpha value is -2.83. The molecule has 0 aliphatic heterocycles. The van der Waals surface area contributed by atoms with Gasteiger partial charge in [-0.05, 0) is 63.2 Å². The molecule has 0 spiro atoms. The number of benzene rings is 2. The monoisotopic (exact) mass is 443 g/mol. The number of amides is 1. The normalized spacial score (nSPS) is 10.6. The van der Waals surface area contributed by atoms with Gasteiger partial charge in [-0.2, -0.15) is 0 Å². The highest BCUT2D eigenvalue weighted by molar-refractivity contribution is 6.37. The number of anilines is 4. The van der Waals surface area contributed by atoms with Gasteiger partial charge in [0.2, 0.25) is 0 Å². The average Bonchev–Trinajstić information content (AvgIpc) is 2.70. The van der Waals surface area contributed by atoms with Crippen molar-refractivity contribution >= 4 is 52.1 Å². The first-order valence-electron chi connectivity index (χ1n) is 9.63. The zero-order valence-electron chi connectivity index (χ0n) is 17.0. The van der Waals surface area contributed by atoms with E-state index in [-0.39, 0.29) is 5.91 Å². The van der Waals surface area contributed by atoms with Gasteiger partial charge in [-0.3, -0.25) is 4.79 Å². The van der Waals surface area contributed by atoms with Crippen molar-refractivity contribution in [2.75, 3.05) is 28.6 Å². The first-order valence-corrected chi connectivity index (χ1v) is 10.4. The number of aryl methyl sites for hydroxylation is 1. The van der Waals surface area contributed by atoms with Crippen LogP contribution in [0.2, 0.25) is 10.0 Å². The third-order valence-corrected chi connectivity index (χ3v) is 5.05. The van der Waals surface area contributed by atoms with E-state index in [1.165, 1.54) is 0 Å². The highest BCUT2D eigenvalue weighted by Crippen LogP contribution is 2.24. The Balaban J connectivity index is 1.71. The molecule has 3 aromatic rings. The Morgan fingerprint density at radius 1 is 0.967 bits per heavy atom. The van der Waals surface area contributed by atoms with E-state index in [0.717, 1.165) is 24.6 Å². The lowest BCUT2D eigenvalue weighted by Crippen LogP contribution is -2.23. The third kappa shape index (κ3) is 5.40. The fourth-order valence-electron chi connectivity index (χ4n) is 2.98. The molecule has 1 heterocycles. The van der Waals surface area contributed by atoms with Gasteiger partial charge < -0.3 is 15.5 Å². The van der Waals surface area contributed by atoms with Gasteiger partial charge in [0.05, 0.1) is 10.6 Å². The summed E-state index contributed by atoms with van der Waals surface area (Å²) in [5, 5.41) is 6.91. The largest absolute Gasteiger partial charge is 0.357 e. The number of rotatable bonds is 7. The molecule has 3 rings (SSSR count). The molecule has 156 valence electrons. The van der Waals surface area contributed by atoms with Crippen molar-refractivity contribution in [1.29, 1.82) is 0 Å². The second kappa shape index (κ2) is 9.78. The van der Waals surface area contributed by atoms with Gasteiger partial charge in [0.15, 0.2) is 0 Å². The molecule has 0 aliphatic rings. The van der Waals surface area contributed by atoms with Crippen LogP contribution < -0.4 is 15.5 Å². The fourth-order valence-corrected chi connectivity index (χ4v) is 3.48. The number of hydrogen-bond acceptors (Lipinski definition) is 5. The maximum atomic E-state index is 12.4. The Kier molecular flexibility index (Phi) is 7.13. The molecule has 0 fully saturated rings. The van der Waals surface area contributed by atoms with Crippen LogP contribution in [-0.2, 0) is 0 Å². The standard InChI is InChI=1S/C22H23Cl2N5O/c1-4-29(5-2)21-13-20(25-14(3)26-21)27-16-7-9-17(10-8-16)28-22(30)18-11-6-15(23)12-19(18)24/h6-13H,4-5H2,1-3H3,(H,28,30)(H,25,26,27). The molecular weight excluding hydrogens is 421 g/mol. The quantitative estimate of drug-likeness (QED) is 0.473. The van der Waals surface area contributed by atoms with E-state index in [4.69, 9.17) is 23.2 Å². The van der Waals surface area contributed by atoms with Crippen LogP contribution in [0.1, 0.15) is 30.0 Å². The van der Waals surface area contributed by atoms with Crippen molar-refractivity contribution in [3.63, 3.8) is 0 Å². The minimum Gasteiger partial charge on any atom is -0.357 e. The number of halogens is 2. The first kappa shape index (κ1) is 21.9. The van der Waals surface area contributed by atoms with E-state index in [9.17, 15) is 4.79 Å². The van der Waals surface area contributed by atoms with Crippen LogP contribution in [0.4, 0.5) is 23.0 Å². The van der Waals surface area contributed by atoms with Gasteiger partial charge in [0.1, 0.15) is 17.5 Å². The molecule has 6 nitrogen and oxygen atoms in total. The molecule has 2 N–H and O–H groups in total. The molecule has 0 saturated carbocycles. The second-order valence-electron chi connectivity index (χ2n) is 6.61. The van der Waals surface area contributed by atoms with Gasteiger partial charge in [0, 0.05) is 35.6 Å². The Labute approximate surface area is 186 Å². The zero-order chi connectivity index (χ0) is 21.7. The predicted molar refractivity (Wildman–Crippen MR) is 124 cm³/mol. The summed E-state index contributed by atoms with van der Waals surface area (Å²) in [4.78, 5) is 23.6. The minimum absolute atomic E-state index is 0.298. The van der Waals surface area contributed by atoms with Crippen molar-refractivity contribution in [3.05, 3.63) is 70.0 Å². The fraction of sp³-hybridized carbons (Fsp3) is 0.227. The highest BCUT2D eigenvalue weighted by atomic mass is 35.5. The van der Waals surface area contributed by atoms with Gasteiger partial charge >= 0.3 is 0 Å². The molecule has 1 aromatic heterocycles. The minimum atomic E-state index is -0.298. The average molecular weight is 444 g/mol. The van der Waals surface area contributed by atoms with E-state index in [2.05, 4.69) is 39.3 Å². The van der Waals surface area contributed by atoms with Crippen LogP contribution in [0.3, 0.4) is 0 Å². The van der Waals surface area contributed by atoms with Crippen LogP contribution in [0.25, 0.3) is 0 Å². The molecule has 0 saturated heterocycles. The number of nitrogens with one attached hydrogen (secondary N) is 2. The molecule has 0 aliphatic carbocycles. The molecule has 0 radical (unpaired) electrons. The van der Waals surface area contributed by atoms with Crippen LogP contribution in [0, 0.1) is 6.92 Å². The summed E-state index contributed by atoms with van der Waals surface area (Å²) in [6, 6.07) is 14.1. The lowest BCUT2D eigenvalue weighted by molar-refractivity contribution is 0.102. The van der Waals surface area contributed by atoms with Crippen molar-refractivity contribution in [2.24, 2.45) is 0 Å². The Bertz CT molecular complexity index is 1040. The Morgan fingerprint density at radius 2 is 1.63 bits per heavy atom. The van der Waals surface area contributed by atoms with E-state index in [0.29, 0.717) is 32.9 Å². The number of hydrogen-bond donors (Lipinski definition) is 2. The predicted octanol–water partition coefficient (Wildman–Crippen LogP) is 5.93. The summed E-state index contributed by atoms with van der Waals surface area (Å²) in [6.07, 6.45) is 0. The van der Waals surface area contributed by atoms with Gasteiger partial charge in [-0.25, -0.2) is 9.97 Å². The number of nitrogens with zero attached hydrogens (tertiary/aromatic N) is 3. The summed E-state index contributed by atoms with van der Waals surface area (Å²) in [6.45, 7) is 7.81. The first-order chi connectivity index (χ1) is 14.4. The molecule has 8 heteroatoms. The second-order valence-corrected chi connectivity index (χ2v) is 7.46. The smallest absolute Gasteiger partial charge is 0.257 e. The summed E-state index contributed by atoms with van der Waals surface area (Å²) in [5.74, 6) is 2.01. The van der Waals surface area contributed by atoms with Gasteiger partial charge in [-0.15, -0.1) is 0 Å². The topological polar surface area (TPSA) is 70.2 Å². The summed E-state index contributed by atoms with van der Waals surface area (Å²) in [7, 11) is 0. The number of aromatic nitrogens is 2. The van der Waals surface area contributed by atoms with Crippen molar-refractivity contribution < 1.29 is 4.79 Å². The number of carbonyl (C=O) groups excluding carboxylic acids is 1. The van der Waals surface area contributed by atoms with E-state index in [1.54, 1.807) is 18.2 Å². The SMILES string of the molecule is CCN(CC)c1cc(Nc2ccc(NC(=O)c3ccc(Cl)cc3Cl)cc2)nc(C)n1. The molecule has 0 atom stereocenters.